The molecule has 0 spiro atoms. The molecule has 1 aromatic carbocycles. The molecule has 2 heterocycles. The normalized spacial score (nSPS) is 13.8. The molecule has 1 aromatic heterocycles. The van der Waals surface area contributed by atoms with Gasteiger partial charge in [0.15, 0.2) is 0 Å². The van der Waals surface area contributed by atoms with Crippen molar-refractivity contribution in [3.8, 4) is 10.0 Å². The second kappa shape index (κ2) is 3.44. The second-order valence-corrected chi connectivity index (χ2v) is 5.37. The summed E-state index contributed by atoms with van der Waals surface area (Å²) in [6.45, 7) is 0. The van der Waals surface area contributed by atoms with E-state index >= 15 is 0 Å². The summed E-state index contributed by atoms with van der Waals surface area (Å²) < 4.78 is 5.72. The third-order valence-electron chi connectivity index (χ3n) is 2.46. The minimum absolute atomic E-state index is 0.237. The number of hydrogen-bond donors (Lipinski definition) is 0. The molecule has 0 amide bonds. The van der Waals surface area contributed by atoms with Gasteiger partial charge in [-0.25, -0.2) is 0 Å². The Labute approximate surface area is 97.4 Å². The van der Waals surface area contributed by atoms with Crippen LogP contribution >= 0.6 is 0 Å². The fraction of sp³-hybridized carbons (Fsp3) is 0. The first kappa shape index (κ1) is 9.58. The molecule has 3 rings (SSSR count). The average molecular weight is 277 g/mol. The van der Waals surface area contributed by atoms with Crippen LogP contribution in [0.2, 0.25) is 0 Å². The predicted octanol–water partition coefficient (Wildman–Crippen LogP) is 1.72. The first-order chi connectivity index (χ1) is 7.77. The quantitative estimate of drug-likeness (QED) is 0.453. The summed E-state index contributed by atoms with van der Waals surface area (Å²) in [5.41, 5.74) is 1.63. The van der Waals surface area contributed by atoms with E-state index in [1.165, 1.54) is 0 Å². The van der Waals surface area contributed by atoms with Gasteiger partial charge >= 0.3 is 97.2 Å². The van der Waals surface area contributed by atoms with E-state index in [-0.39, 0.29) is 14.5 Å². The fourth-order valence-electron chi connectivity index (χ4n) is 1.77. The van der Waals surface area contributed by atoms with E-state index in [2.05, 4.69) is 9.68 Å². The number of rotatable bonds is 1. The van der Waals surface area contributed by atoms with E-state index in [1.54, 1.807) is 12.1 Å². The Morgan fingerprint density at radius 1 is 0.938 bits per heavy atom. The third kappa shape index (κ3) is 1.28. The molecule has 0 saturated heterocycles. The van der Waals surface area contributed by atoms with Crippen LogP contribution in [0.1, 0.15) is 20.7 Å². The summed E-state index contributed by atoms with van der Waals surface area (Å²) in [6, 6.07) is 9.22. The van der Waals surface area contributed by atoms with Gasteiger partial charge in [-0.2, -0.15) is 0 Å². The summed E-state index contributed by atoms with van der Waals surface area (Å²) in [4.78, 5) is 25.0. The monoisotopic (exact) mass is 278 g/mol. The van der Waals surface area contributed by atoms with Crippen molar-refractivity contribution in [2.24, 2.45) is 0 Å². The molecule has 0 fully saturated rings. The summed E-state index contributed by atoms with van der Waals surface area (Å²) in [5, 5.41) is 0. The number of hydrogen-bond acceptors (Lipinski definition) is 3. The van der Waals surface area contributed by atoms with Gasteiger partial charge in [-0.05, 0) is 0 Å². The molecule has 0 bridgehead atoms. The van der Waals surface area contributed by atoms with Crippen molar-refractivity contribution in [1.29, 1.82) is 0 Å². The molecule has 3 nitrogen and oxygen atoms in total. The Bertz CT molecular complexity index is 584. The number of benzene rings is 1. The molecule has 4 heteroatoms. The molecular weight excluding hydrogens is 271 g/mol. The van der Waals surface area contributed by atoms with Crippen molar-refractivity contribution in [3.63, 3.8) is 0 Å². The standard InChI is InChI=1S/C12H6O3Se/c13-11-8-4-1-3-7(9-5-2-6-16-9)10(8)12(14)15-11/h1-6H. The SMILES string of the molecule is O=C1OC(=O)c2c1cccc2-c1ccc[se]1. The number of esters is 2. The zero-order chi connectivity index (χ0) is 11.1. The first-order valence-corrected chi connectivity index (χ1v) is 6.55. The van der Waals surface area contributed by atoms with Crippen molar-refractivity contribution >= 4 is 26.4 Å². The van der Waals surface area contributed by atoms with Gasteiger partial charge in [0.2, 0.25) is 0 Å². The Morgan fingerprint density at radius 3 is 2.50 bits per heavy atom. The number of ether oxygens (including phenoxy) is 1. The summed E-state index contributed by atoms with van der Waals surface area (Å²) >= 11 is 0.237. The third-order valence-corrected chi connectivity index (χ3v) is 4.36. The van der Waals surface area contributed by atoms with Crippen LogP contribution in [0.3, 0.4) is 0 Å². The molecule has 1 aliphatic heterocycles. The van der Waals surface area contributed by atoms with Gasteiger partial charge in [0.05, 0.1) is 0 Å². The Kier molecular flexibility index (Phi) is 2.06. The van der Waals surface area contributed by atoms with Gasteiger partial charge in [0, 0.05) is 0 Å². The van der Waals surface area contributed by atoms with Gasteiger partial charge < -0.3 is 0 Å². The van der Waals surface area contributed by atoms with Gasteiger partial charge in [0.25, 0.3) is 0 Å². The minimum atomic E-state index is -0.541. The van der Waals surface area contributed by atoms with E-state index in [4.69, 9.17) is 0 Å². The summed E-state index contributed by atoms with van der Waals surface area (Å²) in [6.07, 6.45) is 0. The summed E-state index contributed by atoms with van der Waals surface area (Å²) in [7, 11) is 0. The molecule has 16 heavy (non-hydrogen) atoms. The zero-order valence-electron chi connectivity index (χ0n) is 8.10. The molecule has 0 N–H and O–H groups in total. The van der Waals surface area contributed by atoms with Crippen LogP contribution in [0.4, 0.5) is 0 Å². The van der Waals surface area contributed by atoms with E-state index in [9.17, 15) is 9.59 Å². The molecule has 0 atom stereocenters. The van der Waals surface area contributed by atoms with Crippen molar-refractivity contribution < 1.29 is 14.3 Å². The molecule has 1 aliphatic rings. The van der Waals surface area contributed by atoms with Crippen molar-refractivity contribution in [2.45, 2.75) is 0 Å². The number of carbonyl (C=O) groups is 2. The zero-order valence-corrected chi connectivity index (χ0v) is 9.81. The van der Waals surface area contributed by atoms with Crippen molar-refractivity contribution in [3.05, 3.63) is 46.4 Å². The molecule has 0 aliphatic carbocycles. The Morgan fingerprint density at radius 2 is 1.75 bits per heavy atom. The van der Waals surface area contributed by atoms with Gasteiger partial charge in [-0.1, -0.05) is 0 Å². The predicted molar refractivity (Wildman–Crippen MR) is 58.6 cm³/mol. The van der Waals surface area contributed by atoms with Crippen molar-refractivity contribution in [2.75, 3.05) is 0 Å². The topological polar surface area (TPSA) is 43.4 Å². The van der Waals surface area contributed by atoms with Crippen molar-refractivity contribution in [1.82, 2.24) is 0 Å². The Hall–Kier alpha value is -1.64. The molecule has 2 aromatic rings. The maximum absolute atomic E-state index is 11.6. The molecule has 0 saturated carbocycles. The molecule has 78 valence electrons. The van der Waals surface area contributed by atoms with Gasteiger partial charge in [-0.15, -0.1) is 0 Å². The van der Waals surface area contributed by atoms with Gasteiger partial charge in [-0.3, -0.25) is 0 Å². The Balaban J connectivity index is 2.30. The number of fused-ring (bicyclic) bond motifs is 1. The number of cyclic esters (lactones) is 2. The van der Waals surface area contributed by atoms with E-state index in [0.29, 0.717) is 11.1 Å². The second-order valence-electron chi connectivity index (χ2n) is 3.38. The summed E-state index contributed by atoms with van der Waals surface area (Å²) in [5.74, 6) is -1.07. The fourth-order valence-corrected chi connectivity index (χ4v) is 3.36. The van der Waals surface area contributed by atoms with Crippen LogP contribution in [-0.2, 0) is 4.74 Å². The van der Waals surface area contributed by atoms with E-state index in [1.807, 2.05) is 18.2 Å². The first-order valence-electron chi connectivity index (χ1n) is 4.71. The van der Waals surface area contributed by atoms with E-state index < -0.39 is 11.9 Å². The maximum atomic E-state index is 11.6. The molecule has 0 unspecified atom stereocenters. The van der Waals surface area contributed by atoms with Gasteiger partial charge in [0.1, 0.15) is 0 Å². The molecular formula is C12H6O3Se. The van der Waals surface area contributed by atoms with Crippen LogP contribution < -0.4 is 0 Å². The van der Waals surface area contributed by atoms with Crippen LogP contribution in [0.5, 0.6) is 0 Å². The van der Waals surface area contributed by atoms with Crippen LogP contribution in [0.25, 0.3) is 10.0 Å². The van der Waals surface area contributed by atoms with Crippen LogP contribution in [0.15, 0.2) is 35.3 Å². The van der Waals surface area contributed by atoms with Crippen LogP contribution in [0, 0.1) is 0 Å². The number of carbonyl (C=O) groups excluding carboxylic acids is 2. The van der Waals surface area contributed by atoms with Crippen LogP contribution in [-0.4, -0.2) is 26.4 Å². The van der Waals surface area contributed by atoms with E-state index in [0.717, 1.165) is 10.0 Å². The molecule has 0 radical (unpaired) electrons. The average Bonchev–Trinajstić information content (AvgIpc) is 2.88.